The van der Waals surface area contributed by atoms with Crippen molar-refractivity contribution in [3.05, 3.63) is 226 Å². The predicted octanol–water partition coefficient (Wildman–Crippen LogP) is 15.1. The fourth-order valence-corrected chi connectivity index (χ4v) is 9.98. The van der Waals surface area contributed by atoms with Crippen LogP contribution in [0, 0.1) is 27.7 Å². The highest BCUT2D eigenvalue weighted by atomic mass is 15.1. The molecule has 0 fully saturated rings. The normalized spacial score (nSPS) is 17.3. The molecule has 8 aromatic carbocycles. The molecule has 0 saturated carbocycles. The Morgan fingerprint density at radius 1 is 0.276 bits per heavy atom. The summed E-state index contributed by atoms with van der Waals surface area (Å²) >= 11 is 0. The molecule has 0 heterocycles. The molecule has 2 heteroatoms. The third-order valence-corrected chi connectivity index (χ3v) is 13.3. The molecule has 58 heavy (non-hydrogen) atoms. The van der Waals surface area contributed by atoms with E-state index in [4.69, 9.17) is 0 Å². The summed E-state index contributed by atoms with van der Waals surface area (Å²) in [5.74, 6) is 0. The molecular formula is C56H48N2. The lowest BCUT2D eigenvalue weighted by atomic mass is 9.56. The second kappa shape index (κ2) is 13.5. The van der Waals surface area contributed by atoms with E-state index < -0.39 is 10.8 Å². The van der Waals surface area contributed by atoms with Crippen LogP contribution in [-0.2, 0) is 10.8 Å². The number of anilines is 6. The smallest absolute Gasteiger partial charge is 0.0465 e. The summed E-state index contributed by atoms with van der Waals surface area (Å²) in [6.07, 6.45) is 0. The SMILES string of the molecule is Cc1ccc(N(c2ccc(C)cc2)c2ccc3c(c2)C(C)(C2(C)c4ccccc4-c4ccc(N(c5ccc(C)cc5)c5ccc(C)cc5)cc42)c2ccccc2-3)cc1. The first-order valence-corrected chi connectivity index (χ1v) is 20.5. The molecule has 0 amide bonds. The third-order valence-electron chi connectivity index (χ3n) is 13.3. The molecule has 0 N–H and O–H groups in total. The van der Waals surface area contributed by atoms with Crippen LogP contribution in [0.3, 0.4) is 0 Å². The van der Waals surface area contributed by atoms with Crippen LogP contribution in [0.25, 0.3) is 22.3 Å². The average molecular weight is 749 g/mol. The first-order valence-electron chi connectivity index (χ1n) is 20.5. The van der Waals surface area contributed by atoms with Crippen LogP contribution in [0.15, 0.2) is 182 Å². The third kappa shape index (κ3) is 5.39. The van der Waals surface area contributed by atoms with E-state index in [9.17, 15) is 0 Å². The number of hydrogen-bond donors (Lipinski definition) is 0. The molecule has 0 saturated heterocycles. The molecule has 0 aliphatic heterocycles. The topological polar surface area (TPSA) is 6.48 Å². The van der Waals surface area contributed by atoms with Gasteiger partial charge >= 0.3 is 0 Å². The Kier molecular flexibility index (Phi) is 8.32. The van der Waals surface area contributed by atoms with Gasteiger partial charge in [-0.05, 0) is 145 Å². The molecular weight excluding hydrogens is 701 g/mol. The second-order valence-electron chi connectivity index (χ2n) is 16.8. The maximum Gasteiger partial charge on any atom is 0.0465 e. The summed E-state index contributed by atoms with van der Waals surface area (Å²) in [7, 11) is 0. The van der Waals surface area contributed by atoms with E-state index in [2.05, 4.69) is 233 Å². The van der Waals surface area contributed by atoms with E-state index in [1.54, 1.807) is 0 Å². The molecule has 0 aromatic heterocycles. The van der Waals surface area contributed by atoms with Gasteiger partial charge in [0.05, 0.1) is 0 Å². The van der Waals surface area contributed by atoms with Gasteiger partial charge in [-0.25, -0.2) is 0 Å². The van der Waals surface area contributed by atoms with Crippen LogP contribution in [0.4, 0.5) is 34.1 Å². The zero-order chi connectivity index (χ0) is 39.8. The maximum absolute atomic E-state index is 2.51. The van der Waals surface area contributed by atoms with Crippen molar-refractivity contribution in [3.63, 3.8) is 0 Å². The Bertz CT molecular complexity index is 2540. The van der Waals surface area contributed by atoms with Gasteiger partial charge in [0.1, 0.15) is 0 Å². The maximum atomic E-state index is 2.51. The van der Waals surface area contributed by atoms with Gasteiger partial charge < -0.3 is 9.80 Å². The van der Waals surface area contributed by atoms with Crippen molar-refractivity contribution in [1.82, 2.24) is 0 Å². The standard InChI is InChI=1S/C56H48N2/c1-37-15-23-41(24-16-37)57(42-25-17-38(2)18-26-42)45-31-33-49-47-11-7-9-13-51(47)55(5,53(49)35-45)56(6)52-14-10-8-12-48(52)50-34-32-46(36-54(50)56)58(43-27-19-39(3)20-28-43)44-29-21-40(4)22-30-44/h7-36H,1-6H3. The van der Waals surface area contributed by atoms with Gasteiger partial charge in [-0.3, -0.25) is 0 Å². The molecule has 0 radical (unpaired) electrons. The number of benzene rings is 8. The molecule has 0 bridgehead atoms. The van der Waals surface area contributed by atoms with Gasteiger partial charge in [-0.1, -0.05) is 145 Å². The molecule has 10 rings (SSSR count). The van der Waals surface area contributed by atoms with Crippen molar-refractivity contribution >= 4 is 34.1 Å². The quantitative estimate of drug-likeness (QED) is 0.160. The molecule has 0 spiro atoms. The fraction of sp³-hybridized carbons (Fsp3) is 0.143. The van der Waals surface area contributed by atoms with E-state index in [1.807, 2.05) is 0 Å². The number of rotatable bonds is 7. The van der Waals surface area contributed by atoms with Crippen molar-refractivity contribution in [3.8, 4) is 22.3 Å². The molecule has 2 aliphatic carbocycles. The van der Waals surface area contributed by atoms with Gasteiger partial charge in [0, 0.05) is 45.0 Å². The van der Waals surface area contributed by atoms with Gasteiger partial charge in [0.2, 0.25) is 0 Å². The Morgan fingerprint density at radius 3 is 0.845 bits per heavy atom. The van der Waals surface area contributed by atoms with E-state index in [-0.39, 0.29) is 0 Å². The van der Waals surface area contributed by atoms with Crippen LogP contribution in [-0.4, -0.2) is 0 Å². The largest absolute Gasteiger partial charge is 0.310 e. The zero-order valence-corrected chi connectivity index (χ0v) is 34.2. The molecule has 2 atom stereocenters. The summed E-state index contributed by atoms with van der Waals surface area (Å²) < 4.78 is 0. The summed E-state index contributed by atoms with van der Waals surface area (Å²) in [6, 6.07) is 68.3. The highest BCUT2D eigenvalue weighted by Gasteiger charge is 2.57. The minimum atomic E-state index is -0.431. The Labute approximate surface area is 343 Å². The highest BCUT2D eigenvalue weighted by molar-refractivity contribution is 5.92. The summed E-state index contributed by atoms with van der Waals surface area (Å²) in [4.78, 5) is 4.83. The van der Waals surface area contributed by atoms with Gasteiger partial charge in [-0.2, -0.15) is 0 Å². The average Bonchev–Trinajstić information content (AvgIpc) is 3.67. The van der Waals surface area contributed by atoms with Gasteiger partial charge in [-0.15, -0.1) is 0 Å². The molecule has 2 aliphatic rings. The van der Waals surface area contributed by atoms with Crippen molar-refractivity contribution in [2.45, 2.75) is 52.4 Å². The Balaban J connectivity index is 1.21. The molecule has 2 unspecified atom stereocenters. The zero-order valence-electron chi connectivity index (χ0n) is 34.2. The van der Waals surface area contributed by atoms with Crippen LogP contribution in [0.2, 0.25) is 0 Å². The van der Waals surface area contributed by atoms with Gasteiger partial charge in [0.25, 0.3) is 0 Å². The first kappa shape index (κ1) is 35.8. The van der Waals surface area contributed by atoms with Crippen LogP contribution < -0.4 is 9.80 Å². The lowest BCUT2D eigenvalue weighted by molar-refractivity contribution is 0.376. The van der Waals surface area contributed by atoms with Crippen LogP contribution in [0.1, 0.15) is 58.4 Å². The lowest BCUT2D eigenvalue weighted by Crippen LogP contribution is -2.44. The van der Waals surface area contributed by atoms with Crippen molar-refractivity contribution in [1.29, 1.82) is 0 Å². The predicted molar refractivity (Wildman–Crippen MR) is 245 cm³/mol. The highest BCUT2D eigenvalue weighted by Crippen LogP contribution is 2.65. The minimum Gasteiger partial charge on any atom is -0.310 e. The lowest BCUT2D eigenvalue weighted by Gasteiger charge is -2.45. The monoisotopic (exact) mass is 748 g/mol. The molecule has 2 nitrogen and oxygen atoms in total. The number of fused-ring (bicyclic) bond motifs is 6. The molecule has 8 aromatic rings. The Morgan fingerprint density at radius 2 is 0.534 bits per heavy atom. The van der Waals surface area contributed by atoms with Gasteiger partial charge in [0.15, 0.2) is 0 Å². The number of aryl methyl sites for hydroxylation is 4. The molecule has 282 valence electrons. The van der Waals surface area contributed by atoms with E-state index >= 15 is 0 Å². The first-order chi connectivity index (χ1) is 28.1. The van der Waals surface area contributed by atoms with Crippen LogP contribution >= 0.6 is 0 Å². The number of hydrogen-bond acceptors (Lipinski definition) is 2. The van der Waals surface area contributed by atoms with Crippen LogP contribution in [0.5, 0.6) is 0 Å². The van der Waals surface area contributed by atoms with Crippen molar-refractivity contribution in [2.75, 3.05) is 9.80 Å². The second-order valence-corrected chi connectivity index (χ2v) is 16.8. The van der Waals surface area contributed by atoms with E-state index in [1.165, 1.54) is 66.8 Å². The fourth-order valence-electron chi connectivity index (χ4n) is 9.98. The summed E-state index contributed by atoms with van der Waals surface area (Å²) in [6.45, 7) is 13.6. The van der Waals surface area contributed by atoms with E-state index in [0.717, 1.165) is 34.1 Å². The summed E-state index contributed by atoms with van der Waals surface area (Å²) in [5.41, 5.74) is 21.7. The minimum absolute atomic E-state index is 0.431. The summed E-state index contributed by atoms with van der Waals surface area (Å²) in [5, 5.41) is 0. The van der Waals surface area contributed by atoms with Crippen molar-refractivity contribution < 1.29 is 0 Å². The number of nitrogens with zero attached hydrogens (tertiary/aromatic N) is 2. The Hall–Kier alpha value is -6.64. The van der Waals surface area contributed by atoms with Crippen molar-refractivity contribution in [2.24, 2.45) is 0 Å². The van der Waals surface area contributed by atoms with E-state index in [0.29, 0.717) is 0 Å².